The lowest BCUT2D eigenvalue weighted by atomic mass is 10.2. The molecule has 1 aromatic rings. The van der Waals surface area contributed by atoms with E-state index in [-0.39, 0.29) is 0 Å². The van der Waals surface area contributed by atoms with Gasteiger partial charge in [-0.1, -0.05) is 0 Å². The van der Waals surface area contributed by atoms with Crippen LogP contribution in [0, 0.1) is 17.1 Å². The van der Waals surface area contributed by atoms with Crippen LogP contribution in [0.25, 0.3) is 0 Å². The Morgan fingerprint density at radius 2 is 2.12 bits per heavy atom. The molecular weight excluding hydrogens is 209 g/mol. The van der Waals surface area contributed by atoms with Crippen molar-refractivity contribution < 1.29 is 9.13 Å². The molecule has 0 saturated carbocycles. The first kappa shape index (κ1) is 10.9. The summed E-state index contributed by atoms with van der Waals surface area (Å²) in [6.07, 6.45) is 0. The lowest BCUT2D eigenvalue weighted by molar-refractivity contribution is 0.0497. The van der Waals surface area contributed by atoms with Crippen LogP contribution in [-0.4, -0.2) is 31.3 Å². The van der Waals surface area contributed by atoms with Crippen molar-refractivity contribution in [3.63, 3.8) is 0 Å². The highest BCUT2D eigenvalue weighted by molar-refractivity contribution is 5.56. The van der Waals surface area contributed by atoms with Crippen LogP contribution in [0.15, 0.2) is 18.2 Å². The molecule has 84 valence electrons. The van der Waals surface area contributed by atoms with Gasteiger partial charge < -0.3 is 10.2 Å². The predicted octanol–water partition coefficient (Wildman–Crippen LogP) is 1.36. The molecule has 0 atom stereocenters. The number of hydrogen-bond donors (Lipinski definition) is 1. The van der Waals surface area contributed by atoms with Gasteiger partial charge in [-0.05, 0) is 18.2 Å². The number of benzene rings is 1. The van der Waals surface area contributed by atoms with Crippen molar-refractivity contribution in [2.75, 3.05) is 31.7 Å². The Kier molecular flexibility index (Phi) is 3.34. The van der Waals surface area contributed by atoms with E-state index in [2.05, 4.69) is 5.43 Å². The third-order valence-corrected chi connectivity index (χ3v) is 2.39. The third-order valence-electron chi connectivity index (χ3n) is 2.39. The molecule has 0 amide bonds. The molecule has 1 saturated heterocycles. The topological polar surface area (TPSA) is 48.3 Å². The largest absolute Gasteiger partial charge is 0.379 e. The number of nitriles is 1. The molecule has 0 bridgehead atoms. The number of morpholine rings is 1. The molecular formula is C11H12FN3O. The van der Waals surface area contributed by atoms with Gasteiger partial charge in [0.1, 0.15) is 11.9 Å². The molecule has 0 unspecified atom stereocenters. The lowest BCUT2D eigenvalue weighted by Gasteiger charge is -2.28. The molecule has 0 spiro atoms. The van der Waals surface area contributed by atoms with Crippen LogP contribution in [0.5, 0.6) is 0 Å². The van der Waals surface area contributed by atoms with Crippen LogP contribution in [0.1, 0.15) is 5.56 Å². The minimum absolute atomic E-state index is 0.312. The normalized spacial score (nSPS) is 16.8. The Morgan fingerprint density at radius 3 is 2.81 bits per heavy atom. The third kappa shape index (κ3) is 2.48. The summed E-state index contributed by atoms with van der Waals surface area (Å²) in [6.45, 7) is 2.83. The maximum Gasteiger partial charge on any atom is 0.124 e. The van der Waals surface area contributed by atoms with Crippen molar-refractivity contribution in [1.82, 2.24) is 5.01 Å². The molecule has 1 fully saturated rings. The summed E-state index contributed by atoms with van der Waals surface area (Å²) < 4.78 is 18.1. The minimum atomic E-state index is -0.399. The number of nitrogens with one attached hydrogen (secondary N) is 1. The van der Waals surface area contributed by atoms with Crippen LogP contribution >= 0.6 is 0 Å². The SMILES string of the molecule is N#Cc1cc(F)ccc1NN1CCOCC1. The predicted molar refractivity (Wildman–Crippen MR) is 57.1 cm³/mol. The van der Waals surface area contributed by atoms with E-state index in [9.17, 15) is 4.39 Å². The first-order chi connectivity index (χ1) is 7.79. The van der Waals surface area contributed by atoms with Gasteiger partial charge in [-0.2, -0.15) is 5.26 Å². The Balaban J connectivity index is 2.11. The fourth-order valence-corrected chi connectivity index (χ4v) is 1.55. The maximum absolute atomic E-state index is 12.9. The summed E-state index contributed by atoms with van der Waals surface area (Å²) in [5.74, 6) is -0.399. The van der Waals surface area contributed by atoms with Crippen molar-refractivity contribution >= 4 is 5.69 Å². The molecule has 1 aromatic carbocycles. The Morgan fingerprint density at radius 1 is 1.38 bits per heavy atom. The van der Waals surface area contributed by atoms with E-state index in [1.165, 1.54) is 12.1 Å². The highest BCUT2D eigenvalue weighted by atomic mass is 19.1. The van der Waals surface area contributed by atoms with Gasteiger partial charge in [0.25, 0.3) is 0 Å². The smallest absolute Gasteiger partial charge is 0.124 e. The highest BCUT2D eigenvalue weighted by Gasteiger charge is 2.12. The fraction of sp³-hybridized carbons (Fsp3) is 0.364. The number of ether oxygens (including phenoxy) is 1. The second-order valence-electron chi connectivity index (χ2n) is 3.51. The molecule has 1 aliphatic heterocycles. The Labute approximate surface area is 93.2 Å². The quantitative estimate of drug-likeness (QED) is 0.819. The molecule has 1 N–H and O–H groups in total. The van der Waals surface area contributed by atoms with Gasteiger partial charge in [-0.25, -0.2) is 9.40 Å². The summed E-state index contributed by atoms with van der Waals surface area (Å²) in [7, 11) is 0. The highest BCUT2D eigenvalue weighted by Crippen LogP contribution is 2.17. The van der Waals surface area contributed by atoms with Crippen molar-refractivity contribution in [2.24, 2.45) is 0 Å². The van der Waals surface area contributed by atoms with Crippen molar-refractivity contribution in [1.29, 1.82) is 5.26 Å². The van der Waals surface area contributed by atoms with Crippen molar-refractivity contribution in [2.45, 2.75) is 0 Å². The lowest BCUT2D eigenvalue weighted by Crippen LogP contribution is -2.40. The Bertz CT molecular complexity index is 410. The summed E-state index contributed by atoms with van der Waals surface area (Å²) >= 11 is 0. The van der Waals surface area contributed by atoms with E-state index in [1.54, 1.807) is 6.07 Å². The zero-order valence-electron chi connectivity index (χ0n) is 8.74. The second-order valence-corrected chi connectivity index (χ2v) is 3.51. The number of hydrazine groups is 1. The minimum Gasteiger partial charge on any atom is -0.379 e. The molecule has 0 aliphatic carbocycles. The summed E-state index contributed by atoms with van der Waals surface area (Å²) in [5, 5.41) is 10.8. The van der Waals surface area contributed by atoms with Crippen LogP contribution in [-0.2, 0) is 4.74 Å². The van der Waals surface area contributed by atoms with E-state index in [0.29, 0.717) is 24.5 Å². The molecule has 16 heavy (non-hydrogen) atoms. The van der Waals surface area contributed by atoms with Gasteiger partial charge in [0, 0.05) is 13.1 Å². The van der Waals surface area contributed by atoms with Gasteiger partial charge in [0.15, 0.2) is 0 Å². The van der Waals surface area contributed by atoms with Crippen LogP contribution in [0.3, 0.4) is 0 Å². The van der Waals surface area contributed by atoms with Gasteiger partial charge in [0.05, 0.1) is 24.5 Å². The van der Waals surface area contributed by atoms with E-state index < -0.39 is 5.82 Å². The van der Waals surface area contributed by atoms with Gasteiger partial charge in [-0.15, -0.1) is 0 Å². The molecule has 1 aliphatic rings. The van der Waals surface area contributed by atoms with Crippen LogP contribution in [0.4, 0.5) is 10.1 Å². The summed E-state index contributed by atoms with van der Waals surface area (Å²) in [4.78, 5) is 0. The molecule has 5 heteroatoms. The number of nitrogens with zero attached hydrogens (tertiary/aromatic N) is 2. The zero-order chi connectivity index (χ0) is 11.4. The molecule has 1 heterocycles. The Hall–Kier alpha value is -1.64. The number of hydrogen-bond acceptors (Lipinski definition) is 4. The van der Waals surface area contributed by atoms with Crippen LogP contribution in [0.2, 0.25) is 0 Å². The first-order valence-electron chi connectivity index (χ1n) is 5.08. The zero-order valence-corrected chi connectivity index (χ0v) is 8.74. The average Bonchev–Trinajstić information content (AvgIpc) is 2.33. The maximum atomic E-state index is 12.9. The van der Waals surface area contributed by atoms with E-state index >= 15 is 0 Å². The number of anilines is 1. The van der Waals surface area contributed by atoms with E-state index in [1.807, 2.05) is 11.1 Å². The van der Waals surface area contributed by atoms with Gasteiger partial charge in [-0.3, -0.25) is 0 Å². The summed E-state index contributed by atoms with van der Waals surface area (Å²) in [6, 6.07) is 6.10. The number of rotatable bonds is 2. The number of halogens is 1. The molecule has 4 nitrogen and oxygen atoms in total. The molecule has 2 rings (SSSR count). The standard InChI is InChI=1S/C11H12FN3O/c12-10-1-2-11(9(7-10)8-13)14-15-3-5-16-6-4-15/h1-2,7,14H,3-6H2. The molecule has 0 radical (unpaired) electrons. The average molecular weight is 221 g/mol. The summed E-state index contributed by atoms with van der Waals surface area (Å²) in [5.41, 5.74) is 4.03. The van der Waals surface area contributed by atoms with Crippen LogP contribution < -0.4 is 5.43 Å². The van der Waals surface area contributed by atoms with Gasteiger partial charge >= 0.3 is 0 Å². The fourth-order valence-electron chi connectivity index (χ4n) is 1.55. The van der Waals surface area contributed by atoms with E-state index in [0.717, 1.165) is 13.1 Å². The van der Waals surface area contributed by atoms with E-state index in [4.69, 9.17) is 10.00 Å². The van der Waals surface area contributed by atoms with Gasteiger partial charge in [0.2, 0.25) is 0 Å². The van der Waals surface area contributed by atoms with Crippen molar-refractivity contribution in [3.8, 4) is 6.07 Å². The molecule has 0 aromatic heterocycles. The van der Waals surface area contributed by atoms with Crippen molar-refractivity contribution in [3.05, 3.63) is 29.6 Å². The monoisotopic (exact) mass is 221 g/mol. The first-order valence-corrected chi connectivity index (χ1v) is 5.08. The second kappa shape index (κ2) is 4.92.